The summed E-state index contributed by atoms with van der Waals surface area (Å²) in [5.41, 5.74) is -0.794. The van der Waals surface area contributed by atoms with Crippen LogP contribution in [0.3, 0.4) is 0 Å². The lowest BCUT2D eigenvalue weighted by atomic mass is 10.2. The molecule has 5 nitrogen and oxygen atoms in total. The summed E-state index contributed by atoms with van der Waals surface area (Å²) in [4.78, 5) is 17.0. The fourth-order valence-electron chi connectivity index (χ4n) is 2.15. The third kappa shape index (κ3) is 3.69. The quantitative estimate of drug-likeness (QED) is 0.584. The topological polar surface area (TPSA) is 60.7 Å². The molecule has 3 aromatic rings. The number of rotatable bonds is 3. The molecule has 1 aromatic carbocycles. The minimum atomic E-state index is -4.55. The third-order valence-electron chi connectivity index (χ3n) is 3.32. The van der Waals surface area contributed by atoms with Crippen molar-refractivity contribution >= 4 is 38.6 Å². The van der Waals surface area contributed by atoms with Gasteiger partial charge in [0.2, 0.25) is 0 Å². The molecule has 0 saturated carbocycles. The number of alkyl halides is 3. The van der Waals surface area contributed by atoms with Crippen LogP contribution >= 0.6 is 27.7 Å². The van der Waals surface area contributed by atoms with Gasteiger partial charge in [0.05, 0.1) is 10.9 Å². The Morgan fingerprint density at radius 3 is 2.56 bits per heavy atom. The highest BCUT2D eigenvalue weighted by Crippen LogP contribution is 2.29. The summed E-state index contributed by atoms with van der Waals surface area (Å²) in [5.74, 6) is 0. The largest absolute Gasteiger partial charge is 0.435 e. The van der Waals surface area contributed by atoms with Crippen molar-refractivity contribution in [3.63, 3.8) is 0 Å². The van der Waals surface area contributed by atoms with Crippen molar-refractivity contribution in [2.24, 2.45) is 0 Å². The van der Waals surface area contributed by atoms with Crippen LogP contribution in [0.5, 0.6) is 0 Å². The van der Waals surface area contributed by atoms with E-state index in [1.54, 1.807) is 25.1 Å². The molecule has 0 radical (unpaired) electrons. The maximum Gasteiger partial charge on any atom is 0.435 e. The van der Waals surface area contributed by atoms with E-state index in [2.05, 4.69) is 31.1 Å². The van der Waals surface area contributed by atoms with Crippen LogP contribution in [0, 0.1) is 0 Å². The van der Waals surface area contributed by atoms with Crippen LogP contribution in [0.15, 0.2) is 49.8 Å². The summed E-state index contributed by atoms with van der Waals surface area (Å²) in [6.07, 6.45) is -4.55. The van der Waals surface area contributed by atoms with Gasteiger partial charge < -0.3 is 0 Å². The van der Waals surface area contributed by atoms with Crippen LogP contribution in [0.4, 0.5) is 13.2 Å². The van der Waals surface area contributed by atoms with E-state index in [1.807, 2.05) is 0 Å². The minimum Gasteiger partial charge on any atom is -0.287 e. The number of benzene rings is 1. The second-order valence-electron chi connectivity index (χ2n) is 4.96. The fourth-order valence-corrected chi connectivity index (χ4v) is 3.38. The Labute approximate surface area is 152 Å². The Morgan fingerprint density at radius 1 is 1.20 bits per heavy atom. The van der Waals surface area contributed by atoms with Crippen molar-refractivity contribution in [1.29, 1.82) is 0 Å². The average Bonchev–Trinajstić information content (AvgIpc) is 2.56. The standard InChI is InChI=1S/C15H10BrF3N4OS/c1-2-23-13(24)9-7-8(16)3-4-10(9)20-14(23)25-12-6-5-11(21-22-12)15(17,18)19/h3-7H,2H2,1H3. The first-order chi connectivity index (χ1) is 11.8. The van der Waals surface area contributed by atoms with E-state index >= 15 is 0 Å². The normalized spacial score (nSPS) is 11.9. The molecule has 0 bridgehead atoms. The maximum absolute atomic E-state index is 12.6. The van der Waals surface area contributed by atoms with Gasteiger partial charge in [-0.3, -0.25) is 9.36 Å². The van der Waals surface area contributed by atoms with Crippen LogP contribution < -0.4 is 5.56 Å². The fraction of sp³-hybridized carbons (Fsp3) is 0.200. The SMILES string of the molecule is CCn1c(Sc2ccc(C(F)(F)F)nn2)nc2ccc(Br)cc2c1=O. The van der Waals surface area contributed by atoms with Gasteiger partial charge in [0, 0.05) is 11.0 Å². The molecule has 2 heterocycles. The predicted octanol–water partition coefficient (Wildman–Crippen LogP) is 4.14. The van der Waals surface area contributed by atoms with Crippen LogP contribution in [-0.4, -0.2) is 19.7 Å². The van der Waals surface area contributed by atoms with Gasteiger partial charge in [-0.25, -0.2) is 4.98 Å². The molecule has 0 atom stereocenters. The van der Waals surface area contributed by atoms with Crippen molar-refractivity contribution in [1.82, 2.24) is 19.7 Å². The minimum absolute atomic E-state index is 0.221. The number of halogens is 4. The molecule has 0 fully saturated rings. The number of hydrogen-bond donors (Lipinski definition) is 0. The Morgan fingerprint density at radius 2 is 1.96 bits per heavy atom. The first kappa shape index (κ1) is 17.9. The maximum atomic E-state index is 12.6. The number of nitrogens with zero attached hydrogens (tertiary/aromatic N) is 4. The molecule has 3 rings (SSSR count). The summed E-state index contributed by atoms with van der Waals surface area (Å²) in [7, 11) is 0. The second kappa shape index (κ2) is 6.75. The van der Waals surface area contributed by atoms with Gasteiger partial charge in [0.1, 0.15) is 5.03 Å². The zero-order valence-electron chi connectivity index (χ0n) is 12.7. The van der Waals surface area contributed by atoms with Gasteiger partial charge in [0.25, 0.3) is 5.56 Å². The molecule has 0 aliphatic carbocycles. The van der Waals surface area contributed by atoms with Gasteiger partial charge in [-0.15, -0.1) is 10.2 Å². The lowest BCUT2D eigenvalue weighted by Crippen LogP contribution is -2.22. The first-order valence-electron chi connectivity index (χ1n) is 7.08. The Balaban J connectivity index is 2.04. The van der Waals surface area contributed by atoms with Gasteiger partial charge in [-0.05, 0) is 49.0 Å². The Hall–Kier alpha value is -1.94. The average molecular weight is 431 g/mol. The molecule has 0 aliphatic heterocycles. The summed E-state index contributed by atoms with van der Waals surface area (Å²) >= 11 is 4.31. The highest BCUT2D eigenvalue weighted by atomic mass is 79.9. The van der Waals surface area contributed by atoms with Crippen molar-refractivity contribution in [2.75, 3.05) is 0 Å². The van der Waals surface area contributed by atoms with E-state index in [0.717, 1.165) is 22.3 Å². The lowest BCUT2D eigenvalue weighted by molar-refractivity contribution is -0.141. The highest BCUT2D eigenvalue weighted by molar-refractivity contribution is 9.10. The van der Waals surface area contributed by atoms with Gasteiger partial charge >= 0.3 is 6.18 Å². The third-order valence-corrected chi connectivity index (χ3v) is 4.74. The summed E-state index contributed by atoms with van der Waals surface area (Å²) in [5, 5.41) is 7.77. The van der Waals surface area contributed by atoms with Crippen molar-refractivity contribution < 1.29 is 13.2 Å². The summed E-state index contributed by atoms with van der Waals surface area (Å²) < 4.78 is 39.9. The number of aromatic nitrogens is 4. The Bertz CT molecular complexity index is 989. The first-order valence-corrected chi connectivity index (χ1v) is 8.69. The van der Waals surface area contributed by atoms with Crippen molar-refractivity contribution in [3.8, 4) is 0 Å². The van der Waals surface area contributed by atoms with Crippen molar-refractivity contribution in [3.05, 3.63) is 50.9 Å². The zero-order chi connectivity index (χ0) is 18.2. The zero-order valence-corrected chi connectivity index (χ0v) is 15.1. The van der Waals surface area contributed by atoms with Crippen LogP contribution in [-0.2, 0) is 12.7 Å². The van der Waals surface area contributed by atoms with E-state index in [9.17, 15) is 18.0 Å². The molecule has 0 aliphatic rings. The molecule has 0 unspecified atom stereocenters. The molecule has 10 heteroatoms. The number of hydrogen-bond acceptors (Lipinski definition) is 5. The lowest BCUT2D eigenvalue weighted by Gasteiger charge is -2.11. The molecular weight excluding hydrogens is 421 g/mol. The molecule has 2 aromatic heterocycles. The van der Waals surface area contributed by atoms with Crippen LogP contribution in [0.1, 0.15) is 12.6 Å². The van der Waals surface area contributed by atoms with Crippen molar-refractivity contribution in [2.45, 2.75) is 29.8 Å². The van der Waals surface area contributed by atoms with Gasteiger partial charge in [0.15, 0.2) is 10.9 Å². The van der Waals surface area contributed by atoms with E-state index in [0.29, 0.717) is 22.6 Å². The Kier molecular flexibility index (Phi) is 4.83. The summed E-state index contributed by atoms with van der Waals surface area (Å²) in [6.45, 7) is 2.15. The molecule has 25 heavy (non-hydrogen) atoms. The smallest absolute Gasteiger partial charge is 0.287 e. The molecular formula is C15H10BrF3N4OS. The van der Waals surface area contributed by atoms with Gasteiger partial charge in [-0.2, -0.15) is 13.2 Å². The van der Waals surface area contributed by atoms with E-state index in [-0.39, 0.29) is 10.6 Å². The highest BCUT2D eigenvalue weighted by Gasteiger charge is 2.32. The molecule has 130 valence electrons. The van der Waals surface area contributed by atoms with E-state index < -0.39 is 11.9 Å². The van der Waals surface area contributed by atoms with E-state index in [4.69, 9.17) is 0 Å². The molecule has 0 amide bonds. The number of fused-ring (bicyclic) bond motifs is 1. The van der Waals surface area contributed by atoms with Gasteiger partial charge in [-0.1, -0.05) is 15.9 Å². The summed E-state index contributed by atoms with van der Waals surface area (Å²) in [6, 6.07) is 7.20. The van der Waals surface area contributed by atoms with E-state index in [1.165, 1.54) is 10.6 Å². The molecule has 0 saturated heterocycles. The second-order valence-corrected chi connectivity index (χ2v) is 6.87. The predicted molar refractivity (Wildman–Crippen MR) is 90.5 cm³/mol. The monoisotopic (exact) mass is 430 g/mol. The van der Waals surface area contributed by atoms with Crippen LogP contribution in [0.25, 0.3) is 10.9 Å². The van der Waals surface area contributed by atoms with Crippen LogP contribution in [0.2, 0.25) is 0 Å². The molecule has 0 N–H and O–H groups in total. The molecule has 0 spiro atoms.